The number of nitrogens with one attached hydrogen (secondary N) is 1. The Kier molecular flexibility index (Phi) is 6.81. The van der Waals surface area contributed by atoms with Crippen molar-refractivity contribution in [3.05, 3.63) is 58.9 Å². The maximum Gasteiger partial charge on any atom is 0.262 e. The number of carbonyl (C=O) groups excluding carboxylic acids is 1. The van der Waals surface area contributed by atoms with Crippen molar-refractivity contribution in [3.8, 4) is 0 Å². The maximum atomic E-state index is 13.2. The lowest BCUT2D eigenvalue weighted by atomic mass is 10.2. The highest BCUT2D eigenvalue weighted by molar-refractivity contribution is 8.00. The van der Waals surface area contributed by atoms with E-state index < -0.39 is 5.25 Å². The molecule has 1 aliphatic rings. The number of nitrogens with zero attached hydrogens (tertiary/aromatic N) is 3. The number of thioether (sulfide) groups is 1. The summed E-state index contributed by atoms with van der Waals surface area (Å²) in [6, 6.07) is 15.0. The highest BCUT2D eigenvalue weighted by atomic mass is 32.2. The molecule has 1 aromatic heterocycles. The van der Waals surface area contributed by atoms with Gasteiger partial charge in [-0.3, -0.25) is 14.2 Å². The van der Waals surface area contributed by atoms with Crippen molar-refractivity contribution in [2.45, 2.75) is 42.8 Å². The molecule has 8 heteroatoms. The van der Waals surface area contributed by atoms with Crippen LogP contribution in [0.25, 0.3) is 10.9 Å². The predicted octanol–water partition coefficient (Wildman–Crippen LogP) is 3.76. The summed E-state index contributed by atoms with van der Waals surface area (Å²) in [6.07, 6.45) is 1.91. The number of hydrogen-bond acceptors (Lipinski definition) is 6. The lowest BCUT2D eigenvalue weighted by Crippen LogP contribution is -2.30. The largest absolute Gasteiger partial charge is 0.378 e. The van der Waals surface area contributed by atoms with E-state index in [9.17, 15) is 9.59 Å². The van der Waals surface area contributed by atoms with Gasteiger partial charge in [-0.1, -0.05) is 23.9 Å². The Hall–Kier alpha value is -2.84. The van der Waals surface area contributed by atoms with Gasteiger partial charge in [0, 0.05) is 32.1 Å². The first-order valence-corrected chi connectivity index (χ1v) is 11.7. The number of rotatable bonds is 7. The van der Waals surface area contributed by atoms with Gasteiger partial charge in [-0.05, 0) is 56.2 Å². The molecule has 0 saturated carbocycles. The molecule has 168 valence electrons. The molecule has 1 saturated heterocycles. The zero-order chi connectivity index (χ0) is 22.7. The first-order valence-electron chi connectivity index (χ1n) is 10.8. The Bertz CT molecular complexity index is 1150. The van der Waals surface area contributed by atoms with Gasteiger partial charge in [-0.15, -0.1) is 0 Å². The molecule has 2 aromatic carbocycles. The van der Waals surface area contributed by atoms with Crippen molar-refractivity contribution in [2.24, 2.45) is 0 Å². The fourth-order valence-corrected chi connectivity index (χ4v) is 4.61. The van der Waals surface area contributed by atoms with Gasteiger partial charge < -0.3 is 15.0 Å². The minimum absolute atomic E-state index is 0.00523. The van der Waals surface area contributed by atoms with Crippen LogP contribution in [-0.4, -0.2) is 47.5 Å². The van der Waals surface area contributed by atoms with Crippen LogP contribution in [0.2, 0.25) is 0 Å². The Morgan fingerprint density at radius 1 is 1.25 bits per heavy atom. The highest BCUT2D eigenvalue weighted by Crippen LogP contribution is 2.25. The van der Waals surface area contributed by atoms with Crippen molar-refractivity contribution >= 4 is 39.9 Å². The van der Waals surface area contributed by atoms with E-state index in [1.54, 1.807) is 10.6 Å². The molecule has 2 atom stereocenters. The Morgan fingerprint density at radius 2 is 2.00 bits per heavy atom. The summed E-state index contributed by atoms with van der Waals surface area (Å²) in [5, 5.41) is 3.63. The van der Waals surface area contributed by atoms with Crippen LogP contribution in [0.4, 0.5) is 11.4 Å². The third kappa shape index (κ3) is 4.97. The van der Waals surface area contributed by atoms with Gasteiger partial charge in [-0.25, -0.2) is 4.98 Å². The summed E-state index contributed by atoms with van der Waals surface area (Å²) >= 11 is 1.29. The summed E-state index contributed by atoms with van der Waals surface area (Å²) in [5.41, 5.74) is 2.33. The lowest BCUT2D eigenvalue weighted by Gasteiger charge is -2.19. The molecule has 1 amide bonds. The summed E-state index contributed by atoms with van der Waals surface area (Å²) < 4.78 is 7.42. The predicted molar refractivity (Wildman–Crippen MR) is 130 cm³/mol. The summed E-state index contributed by atoms with van der Waals surface area (Å²) in [7, 11) is 3.94. The lowest BCUT2D eigenvalue weighted by molar-refractivity contribution is -0.115. The van der Waals surface area contributed by atoms with Crippen molar-refractivity contribution in [2.75, 3.05) is 30.9 Å². The molecule has 0 aliphatic carbocycles. The SMILES string of the molecule is C[C@@H](Sc1nc2ccccc2c(=O)n1C[C@@H]1CCCO1)C(=O)Nc1ccc(N(C)C)cc1. The van der Waals surface area contributed by atoms with Gasteiger partial charge in [0.25, 0.3) is 5.56 Å². The van der Waals surface area contributed by atoms with Crippen LogP contribution >= 0.6 is 11.8 Å². The zero-order valence-electron chi connectivity index (χ0n) is 18.6. The van der Waals surface area contributed by atoms with E-state index in [-0.39, 0.29) is 17.6 Å². The van der Waals surface area contributed by atoms with E-state index >= 15 is 0 Å². The molecule has 2 heterocycles. The second-order valence-electron chi connectivity index (χ2n) is 8.15. The van der Waals surface area contributed by atoms with Gasteiger partial charge >= 0.3 is 0 Å². The van der Waals surface area contributed by atoms with Crippen LogP contribution in [0, 0.1) is 0 Å². The van der Waals surface area contributed by atoms with E-state index in [1.807, 2.05) is 68.4 Å². The van der Waals surface area contributed by atoms with E-state index in [4.69, 9.17) is 9.72 Å². The summed E-state index contributed by atoms with van der Waals surface area (Å²) in [5.74, 6) is -0.140. The minimum Gasteiger partial charge on any atom is -0.378 e. The first-order chi connectivity index (χ1) is 15.4. The fourth-order valence-electron chi connectivity index (χ4n) is 3.69. The molecule has 1 N–H and O–H groups in total. The van der Waals surface area contributed by atoms with Crippen LogP contribution in [0.1, 0.15) is 19.8 Å². The molecule has 0 unspecified atom stereocenters. The fraction of sp³-hybridized carbons (Fsp3) is 0.375. The molecule has 3 aromatic rings. The van der Waals surface area contributed by atoms with Crippen molar-refractivity contribution < 1.29 is 9.53 Å². The van der Waals surface area contributed by atoms with E-state index in [1.165, 1.54) is 11.8 Å². The van der Waals surface area contributed by atoms with E-state index in [0.717, 1.165) is 24.2 Å². The highest BCUT2D eigenvalue weighted by Gasteiger charge is 2.23. The quantitative estimate of drug-likeness (QED) is 0.435. The molecule has 0 radical (unpaired) electrons. The molecule has 32 heavy (non-hydrogen) atoms. The number of carbonyl (C=O) groups is 1. The number of fused-ring (bicyclic) bond motifs is 1. The second-order valence-corrected chi connectivity index (χ2v) is 9.46. The van der Waals surface area contributed by atoms with Gasteiger partial charge in [0.05, 0.1) is 28.8 Å². The normalized spacial score (nSPS) is 16.8. The van der Waals surface area contributed by atoms with Gasteiger partial charge in [-0.2, -0.15) is 0 Å². The van der Waals surface area contributed by atoms with Crippen molar-refractivity contribution in [1.29, 1.82) is 0 Å². The maximum absolute atomic E-state index is 13.2. The van der Waals surface area contributed by atoms with Crippen LogP contribution in [0.15, 0.2) is 58.5 Å². The second kappa shape index (κ2) is 9.75. The molecule has 0 spiro atoms. The number of hydrogen-bond donors (Lipinski definition) is 1. The molecular weight excluding hydrogens is 424 g/mol. The third-order valence-electron chi connectivity index (χ3n) is 5.54. The molecular formula is C24H28N4O3S. The molecule has 7 nitrogen and oxygen atoms in total. The Labute approximate surface area is 191 Å². The first kappa shape index (κ1) is 22.4. The Balaban J connectivity index is 1.56. The Morgan fingerprint density at radius 3 is 2.69 bits per heavy atom. The number of anilines is 2. The number of benzene rings is 2. The van der Waals surface area contributed by atoms with Crippen LogP contribution < -0.4 is 15.8 Å². The number of para-hydroxylation sites is 1. The summed E-state index contributed by atoms with van der Waals surface area (Å²) in [6.45, 7) is 2.99. The average molecular weight is 453 g/mol. The monoisotopic (exact) mass is 452 g/mol. The van der Waals surface area contributed by atoms with E-state index in [0.29, 0.717) is 29.2 Å². The van der Waals surface area contributed by atoms with Crippen LogP contribution in [0.3, 0.4) is 0 Å². The van der Waals surface area contributed by atoms with Gasteiger partial charge in [0.1, 0.15) is 0 Å². The smallest absolute Gasteiger partial charge is 0.262 e. The van der Waals surface area contributed by atoms with Crippen molar-refractivity contribution in [1.82, 2.24) is 9.55 Å². The number of aromatic nitrogens is 2. The average Bonchev–Trinajstić information content (AvgIpc) is 3.30. The van der Waals surface area contributed by atoms with Gasteiger partial charge in [0.15, 0.2) is 5.16 Å². The minimum atomic E-state index is -0.438. The molecule has 1 aliphatic heterocycles. The summed E-state index contributed by atoms with van der Waals surface area (Å²) in [4.78, 5) is 32.8. The van der Waals surface area contributed by atoms with Crippen molar-refractivity contribution in [3.63, 3.8) is 0 Å². The molecule has 1 fully saturated rings. The van der Waals surface area contributed by atoms with Gasteiger partial charge in [0.2, 0.25) is 5.91 Å². The third-order valence-corrected chi connectivity index (χ3v) is 6.63. The number of amides is 1. The standard InChI is InChI=1S/C24H28N4O3S/c1-16(22(29)25-17-10-12-18(13-11-17)27(2)3)32-24-26-21-9-5-4-8-20(21)23(30)28(24)15-19-7-6-14-31-19/h4-5,8-13,16,19H,6-7,14-15H2,1-3H3,(H,25,29)/t16-,19+/m1/s1. The molecule has 4 rings (SSSR count). The topological polar surface area (TPSA) is 76.5 Å². The molecule has 0 bridgehead atoms. The zero-order valence-corrected chi connectivity index (χ0v) is 19.4. The van der Waals surface area contributed by atoms with Crippen LogP contribution in [-0.2, 0) is 16.1 Å². The number of ether oxygens (including phenoxy) is 1. The van der Waals surface area contributed by atoms with E-state index in [2.05, 4.69) is 5.32 Å². The van der Waals surface area contributed by atoms with Crippen LogP contribution in [0.5, 0.6) is 0 Å².